The zero-order chi connectivity index (χ0) is 19.2. The summed E-state index contributed by atoms with van der Waals surface area (Å²) in [5, 5.41) is 0. The molecule has 0 spiro atoms. The predicted octanol–water partition coefficient (Wildman–Crippen LogP) is 4.75. The molecule has 0 saturated heterocycles. The number of anilines is 1. The minimum Gasteiger partial charge on any atom is -0.424 e. The average molecular weight is 365 g/mol. The molecule has 5 heteroatoms. The van der Waals surface area contributed by atoms with Crippen molar-refractivity contribution < 1.29 is 19.1 Å². The molecule has 3 rings (SSSR count). The molecule has 0 radical (unpaired) electrons. The molecule has 0 aliphatic carbocycles. The van der Waals surface area contributed by atoms with Crippen molar-refractivity contribution in [2.75, 3.05) is 4.90 Å². The molecule has 0 fully saturated rings. The van der Waals surface area contributed by atoms with E-state index in [1.807, 2.05) is 0 Å². The van der Waals surface area contributed by atoms with E-state index in [1.165, 1.54) is 0 Å². The molecule has 1 heterocycles. The Labute approximate surface area is 158 Å². The number of nitrogens with zero attached hydrogens (tertiary/aromatic N) is 1. The number of hydrogen-bond donors (Lipinski definition) is 0. The lowest BCUT2D eigenvalue weighted by atomic mass is 10.1. The van der Waals surface area contributed by atoms with Crippen LogP contribution in [0.4, 0.5) is 5.69 Å². The number of fused-ring (bicyclic) bond motifs is 1. The first-order chi connectivity index (χ1) is 13.1. The van der Waals surface area contributed by atoms with E-state index in [0.717, 1.165) is 37.0 Å². The fraction of sp³-hybridized carbons (Fsp3) is 0.318. The van der Waals surface area contributed by atoms with Crippen molar-refractivity contribution in [1.82, 2.24) is 0 Å². The third-order valence-corrected chi connectivity index (χ3v) is 4.61. The van der Waals surface area contributed by atoms with E-state index in [1.54, 1.807) is 48.5 Å². The fourth-order valence-electron chi connectivity index (χ4n) is 3.18. The third kappa shape index (κ3) is 4.08. The Hall–Kier alpha value is -2.95. The number of amides is 2. The fourth-order valence-corrected chi connectivity index (χ4v) is 3.18. The van der Waals surface area contributed by atoms with Gasteiger partial charge in [-0.1, -0.05) is 56.9 Å². The van der Waals surface area contributed by atoms with Crippen LogP contribution in [0.3, 0.4) is 0 Å². The van der Waals surface area contributed by atoms with Gasteiger partial charge in [0.1, 0.15) is 0 Å². The number of unbranched alkanes of at least 4 members (excludes halogenated alkanes) is 4. The highest BCUT2D eigenvalue weighted by atomic mass is 16.5. The van der Waals surface area contributed by atoms with Crippen LogP contribution in [-0.4, -0.2) is 17.8 Å². The standard InChI is InChI=1S/C22H23NO4/c1-2-3-4-5-6-15-20(24)27-19-14-10-9-13-18(19)23-21(25)16-11-7-8-12-17(16)22(23)26/h7-14H,2-6,15H2,1H3. The summed E-state index contributed by atoms with van der Waals surface area (Å²) in [6.07, 6.45) is 5.50. The molecule has 0 atom stereocenters. The van der Waals surface area contributed by atoms with E-state index >= 15 is 0 Å². The Morgan fingerprint density at radius 1 is 0.852 bits per heavy atom. The zero-order valence-electron chi connectivity index (χ0n) is 15.4. The molecule has 1 aliphatic heterocycles. The van der Waals surface area contributed by atoms with E-state index in [2.05, 4.69) is 6.92 Å². The molecule has 0 N–H and O–H groups in total. The zero-order valence-corrected chi connectivity index (χ0v) is 15.4. The Morgan fingerprint density at radius 2 is 1.44 bits per heavy atom. The first kappa shape index (κ1) is 18.8. The van der Waals surface area contributed by atoms with E-state index in [9.17, 15) is 14.4 Å². The number of carbonyl (C=O) groups is 3. The summed E-state index contributed by atoms with van der Waals surface area (Å²) in [5.74, 6) is -0.932. The number of carbonyl (C=O) groups excluding carboxylic acids is 3. The number of imide groups is 1. The van der Waals surface area contributed by atoms with Gasteiger partial charge in [0.05, 0.1) is 16.8 Å². The predicted molar refractivity (Wildman–Crippen MR) is 103 cm³/mol. The molecular formula is C22H23NO4. The third-order valence-electron chi connectivity index (χ3n) is 4.61. The lowest BCUT2D eigenvalue weighted by molar-refractivity contribution is -0.134. The molecule has 0 saturated carbocycles. The number of hydrogen-bond acceptors (Lipinski definition) is 4. The van der Waals surface area contributed by atoms with Crippen molar-refractivity contribution >= 4 is 23.5 Å². The topological polar surface area (TPSA) is 63.7 Å². The van der Waals surface area contributed by atoms with E-state index < -0.39 is 11.8 Å². The van der Waals surface area contributed by atoms with Crippen LogP contribution in [0.15, 0.2) is 48.5 Å². The van der Waals surface area contributed by atoms with Gasteiger partial charge in [0.2, 0.25) is 0 Å². The first-order valence-electron chi connectivity index (χ1n) is 9.41. The second-order valence-corrected chi connectivity index (χ2v) is 6.60. The summed E-state index contributed by atoms with van der Waals surface area (Å²) in [6, 6.07) is 13.3. The normalized spacial score (nSPS) is 13.0. The quantitative estimate of drug-likeness (QED) is 0.293. The van der Waals surface area contributed by atoms with Gasteiger partial charge in [-0.05, 0) is 30.7 Å². The highest BCUT2D eigenvalue weighted by molar-refractivity contribution is 6.34. The average Bonchev–Trinajstić information content (AvgIpc) is 2.93. The molecule has 0 unspecified atom stereocenters. The molecule has 0 bridgehead atoms. The van der Waals surface area contributed by atoms with Gasteiger partial charge in [-0.25, -0.2) is 4.90 Å². The van der Waals surface area contributed by atoms with Crippen molar-refractivity contribution in [3.05, 3.63) is 59.7 Å². The minimum absolute atomic E-state index is 0.227. The molecule has 5 nitrogen and oxygen atoms in total. The van der Waals surface area contributed by atoms with Crippen molar-refractivity contribution in [2.24, 2.45) is 0 Å². The van der Waals surface area contributed by atoms with Crippen LogP contribution in [-0.2, 0) is 4.79 Å². The van der Waals surface area contributed by atoms with Gasteiger partial charge in [-0.15, -0.1) is 0 Å². The van der Waals surface area contributed by atoms with Crippen LogP contribution < -0.4 is 9.64 Å². The van der Waals surface area contributed by atoms with Crippen molar-refractivity contribution in [2.45, 2.75) is 45.4 Å². The van der Waals surface area contributed by atoms with Crippen molar-refractivity contribution in [3.63, 3.8) is 0 Å². The van der Waals surface area contributed by atoms with Crippen LogP contribution in [0.25, 0.3) is 0 Å². The maximum atomic E-state index is 12.7. The van der Waals surface area contributed by atoms with Crippen molar-refractivity contribution in [1.29, 1.82) is 0 Å². The molecule has 2 aromatic carbocycles. The number of esters is 1. The van der Waals surface area contributed by atoms with E-state index in [0.29, 0.717) is 23.2 Å². The highest BCUT2D eigenvalue weighted by Gasteiger charge is 2.37. The van der Waals surface area contributed by atoms with Gasteiger partial charge < -0.3 is 4.74 Å². The first-order valence-corrected chi connectivity index (χ1v) is 9.41. The number of para-hydroxylation sites is 2. The van der Waals surface area contributed by atoms with Crippen LogP contribution in [0, 0.1) is 0 Å². The monoisotopic (exact) mass is 365 g/mol. The van der Waals surface area contributed by atoms with Crippen LogP contribution in [0.2, 0.25) is 0 Å². The van der Waals surface area contributed by atoms with Gasteiger partial charge in [-0.3, -0.25) is 14.4 Å². The maximum absolute atomic E-state index is 12.7. The van der Waals surface area contributed by atoms with Crippen molar-refractivity contribution in [3.8, 4) is 5.75 Å². The molecule has 2 amide bonds. The summed E-state index contributed by atoms with van der Waals surface area (Å²) in [4.78, 5) is 38.6. The SMILES string of the molecule is CCCCCCCC(=O)Oc1ccccc1N1C(=O)c2ccccc2C1=O. The number of ether oxygens (including phenoxy) is 1. The van der Waals surface area contributed by atoms with Gasteiger partial charge in [-0.2, -0.15) is 0 Å². The van der Waals surface area contributed by atoms with E-state index in [4.69, 9.17) is 4.74 Å². The lowest BCUT2D eigenvalue weighted by Gasteiger charge is -2.17. The summed E-state index contributed by atoms with van der Waals surface area (Å²) < 4.78 is 5.47. The molecule has 1 aliphatic rings. The maximum Gasteiger partial charge on any atom is 0.311 e. The largest absolute Gasteiger partial charge is 0.424 e. The highest BCUT2D eigenvalue weighted by Crippen LogP contribution is 2.34. The smallest absolute Gasteiger partial charge is 0.311 e. The van der Waals surface area contributed by atoms with Crippen LogP contribution >= 0.6 is 0 Å². The van der Waals surface area contributed by atoms with Gasteiger partial charge in [0, 0.05) is 6.42 Å². The number of benzene rings is 2. The molecular weight excluding hydrogens is 342 g/mol. The van der Waals surface area contributed by atoms with Gasteiger partial charge in [0.15, 0.2) is 5.75 Å². The summed E-state index contributed by atoms with van der Waals surface area (Å²) in [5.41, 5.74) is 1.02. The summed E-state index contributed by atoms with van der Waals surface area (Å²) >= 11 is 0. The Bertz CT molecular complexity index is 824. The van der Waals surface area contributed by atoms with Gasteiger partial charge in [0.25, 0.3) is 11.8 Å². The Morgan fingerprint density at radius 3 is 2.11 bits per heavy atom. The Balaban J connectivity index is 1.73. The lowest BCUT2D eigenvalue weighted by Crippen LogP contribution is -2.30. The molecule has 27 heavy (non-hydrogen) atoms. The minimum atomic E-state index is -0.404. The molecule has 140 valence electrons. The molecule has 2 aromatic rings. The molecule has 0 aromatic heterocycles. The second kappa shape index (κ2) is 8.62. The van der Waals surface area contributed by atoms with E-state index in [-0.39, 0.29) is 11.7 Å². The van der Waals surface area contributed by atoms with Gasteiger partial charge >= 0.3 is 5.97 Å². The van der Waals surface area contributed by atoms with Crippen LogP contribution in [0.5, 0.6) is 5.75 Å². The second-order valence-electron chi connectivity index (χ2n) is 6.60. The summed E-state index contributed by atoms with van der Waals surface area (Å²) in [6.45, 7) is 2.14. The number of rotatable bonds is 8. The summed E-state index contributed by atoms with van der Waals surface area (Å²) in [7, 11) is 0. The Kier molecular flexibility index (Phi) is 6.01. The van der Waals surface area contributed by atoms with Crippen LogP contribution in [0.1, 0.15) is 66.2 Å².